The maximum Gasteiger partial charge on any atom is 0.247 e. The lowest BCUT2D eigenvalue weighted by Crippen LogP contribution is -2.23. The van der Waals surface area contributed by atoms with Gasteiger partial charge in [-0.3, -0.25) is 4.79 Å². The molecule has 1 heterocycles. The van der Waals surface area contributed by atoms with E-state index in [1.165, 1.54) is 12.3 Å². The van der Waals surface area contributed by atoms with Gasteiger partial charge in [0.15, 0.2) is 0 Å². The van der Waals surface area contributed by atoms with E-state index < -0.39 is 0 Å². The lowest BCUT2D eigenvalue weighted by atomic mass is 10.1. The number of anilines is 4. The van der Waals surface area contributed by atoms with Crippen molar-refractivity contribution in [3.05, 3.63) is 72.8 Å². The van der Waals surface area contributed by atoms with Crippen molar-refractivity contribution in [3.63, 3.8) is 0 Å². The van der Waals surface area contributed by atoms with Crippen LogP contribution in [0.25, 0.3) is 11.3 Å². The fraction of sp³-hybridized carbons (Fsp3) is 0.200. The van der Waals surface area contributed by atoms with Crippen molar-refractivity contribution < 1.29 is 9.53 Å². The maximum atomic E-state index is 11.8. The van der Waals surface area contributed by atoms with Crippen LogP contribution in [-0.2, 0) is 9.53 Å². The minimum atomic E-state index is -0.307. The third-order valence-electron chi connectivity index (χ3n) is 4.84. The number of carbonyl (C=O) groups is 1. The second-order valence-electron chi connectivity index (χ2n) is 7.23. The summed E-state index contributed by atoms with van der Waals surface area (Å²) in [7, 11) is 1.63. The first-order valence-corrected chi connectivity index (χ1v) is 10.7. The molecule has 0 aliphatic carbocycles. The molecule has 0 aliphatic rings. The molecule has 3 rings (SSSR count). The van der Waals surface area contributed by atoms with Gasteiger partial charge in [0.2, 0.25) is 11.9 Å². The zero-order valence-corrected chi connectivity index (χ0v) is 18.8. The van der Waals surface area contributed by atoms with Crippen molar-refractivity contribution in [1.82, 2.24) is 9.97 Å². The number of hydrogen-bond donors (Lipinski definition) is 4. The first kappa shape index (κ1) is 23.6. The number of ether oxygens (including phenoxy) is 1. The van der Waals surface area contributed by atoms with Crippen LogP contribution in [0.3, 0.4) is 0 Å². The van der Waals surface area contributed by atoms with Crippen LogP contribution in [0.4, 0.5) is 23.1 Å². The molecule has 1 amide bonds. The number of nitrogens with one attached hydrogen (secondary N) is 4. The van der Waals surface area contributed by atoms with Crippen LogP contribution in [0.2, 0.25) is 0 Å². The van der Waals surface area contributed by atoms with Crippen molar-refractivity contribution in [3.8, 4) is 11.3 Å². The number of aromatic nitrogens is 2. The largest absolute Gasteiger partial charge is 0.362 e. The number of nitrogens with zero attached hydrogens (tertiary/aromatic N) is 2. The Balaban J connectivity index is 2.10. The van der Waals surface area contributed by atoms with Crippen molar-refractivity contribution >= 4 is 35.3 Å². The van der Waals surface area contributed by atoms with Crippen LogP contribution < -0.4 is 16.0 Å². The lowest BCUT2D eigenvalue weighted by molar-refractivity contribution is -0.111. The molecule has 0 aliphatic heterocycles. The van der Waals surface area contributed by atoms with E-state index in [0.29, 0.717) is 28.7 Å². The van der Waals surface area contributed by atoms with Gasteiger partial charge in [-0.15, -0.1) is 0 Å². The monoisotopic (exact) mass is 444 g/mol. The highest BCUT2D eigenvalue weighted by atomic mass is 16.5. The molecule has 0 saturated heterocycles. The molecular formula is C25H28N6O2. The molecule has 170 valence electrons. The van der Waals surface area contributed by atoms with Crippen LogP contribution in [0.1, 0.15) is 25.3 Å². The summed E-state index contributed by atoms with van der Waals surface area (Å²) < 4.78 is 5.55. The standard InChI is InChI=1S/C25H28N6O2/c1-4-10-22(33-3)29-24-20(16-26)23(17-11-9-14-19(15-17)27-21(32)5-2)30-25(31-24)28-18-12-7-6-8-13-18/h5-9,11-16,22,26H,2,4,10H2,1,3H3,(H,27,32)(H2,28,29,30,31). The molecule has 0 radical (unpaired) electrons. The lowest BCUT2D eigenvalue weighted by Gasteiger charge is -2.20. The minimum absolute atomic E-state index is 0.265. The van der Waals surface area contributed by atoms with Crippen molar-refractivity contribution in [2.45, 2.75) is 26.0 Å². The van der Waals surface area contributed by atoms with Gasteiger partial charge in [-0.25, -0.2) is 4.98 Å². The van der Waals surface area contributed by atoms with E-state index in [1.54, 1.807) is 19.2 Å². The summed E-state index contributed by atoms with van der Waals surface area (Å²) in [5, 5.41) is 17.4. The average molecular weight is 445 g/mol. The highest BCUT2D eigenvalue weighted by Gasteiger charge is 2.18. The van der Waals surface area contributed by atoms with Gasteiger partial charge >= 0.3 is 0 Å². The minimum Gasteiger partial charge on any atom is -0.362 e. The molecule has 0 saturated carbocycles. The fourth-order valence-electron chi connectivity index (χ4n) is 3.24. The predicted molar refractivity (Wildman–Crippen MR) is 133 cm³/mol. The third kappa shape index (κ3) is 6.24. The zero-order valence-electron chi connectivity index (χ0n) is 18.8. The highest BCUT2D eigenvalue weighted by molar-refractivity contribution is 6.00. The van der Waals surface area contributed by atoms with Gasteiger partial charge in [0, 0.05) is 30.3 Å². The maximum absolute atomic E-state index is 11.8. The van der Waals surface area contributed by atoms with E-state index in [9.17, 15) is 4.79 Å². The Labute approximate surface area is 193 Å². The Morgan fingerprint density at radius 3 is 2.58 bits per heavy atom. The molecule has 4 N–H and O–H groups in total. The molecule has 8 nitrogen and oxygen atoms in total. The van der Waals surface area contributed by atoms with Crippen LogP contribution in [0.5, 0.6) is 0 Å². The van der Waals surface area contributed by atoms with Crippen molar-refractivity contribution in [2.24, 2.45) is 0 Å². The summed E-state index contributed by atoms with van der Waals surface area (Å²) in [5.74, 6) is 0.545. The Bertz CT molecular complexity index is 1120. The Kier molecular flexibility index (Phi) is 8.26. The van der Waals surface area contributed by atoms with Crippen LogP contribution in [-0.4, -0.2) is 35.4 Å². The van der Waals surface area contributed by atoms with E-state index in [2.05, 4.69) is 34.4 Å². The number of rotatable bonds is 11. The fourth-order valence-corrected chi connectivity index (χ4v) is 3.24. The number of amides is 1. The van der Waals surface area contributed by atoms with E-state index in [4.69, 9.17) is 15.1 Å². The van der Waals surface area contributed by atoms with Gasteiger partial charge in [0.1, 0.15) is 12.0 Å². The number of benzene rings is 2. The summed E-state index contributed by atoms with van der Waals surface area (Å²) >= 11 is 0. The van der Waals surface area contributed by atoms with Crippen LogP contribution in [0.15, 0.2) is 67.3 Å². The predicted octanol–water partition coefficient (Wildman–Crippen LogP) is 5.19. The Morgan fingerprint density at radius 2 is 1.91 bits per heavy atom. The molecule has 1 unspecified atom stereocenters. The number of hydrogen-bond acceptors (Lipinski definition) is 7. The molecule has 0 spiro atoms. The number of carbonyl (C=O) groups excluding carboxylic acids is 1. The molecule has 1 atom stereocenters. The molecule has 0 fully saturated rings. The smallest absolute Gasteiger partial charge is 0.247 e. The van der Waals surface area contributed by atoms with E-state index in [0.717, 1.165) is 24.1 Å². The third-order valence-corrected chi connectivity index (χ3v) is 4.84. The summed E-state index contributed by atoms with van der Waals surface area (Å²) in [6.45, 7) is 5.56. The molecule has 2 aromatic carbocycles. The van der Waals surface area contributed by atoms with Gasteiger partial charge in [0.25, 0.3) is 0 Å². The van der Waals surface area contributed by atoms with E-state index in [-0.39, 0.29) is 12.1 Å². The molecule has 1 aromatic heterocycles. The van der Waals surface area contributed by atoms with Gasteiger partial charge in [-0.2, -0.15) is 4.98 Å². The summed E-state index contributed by atoms with van der Waals surface area (Å²) in [6.07, 6.45) is 3.86. The first-order valence-electron chi connectivity index (χ1n) is 10.7. The molecule has 33 heavy (non-hydrogen) atoms. The number of methoxy groups -OCH3 is 1. The molecule has 3 aromatic rings. The second kappa shape index (κ2) is 11.5. The van der Waals surface area contributed by atoms with Gasteiger partial charge in [0.05, 0.1) is 11.3 Å². The van der Waals surface area contributed by atoms with Crippen molar-refractivity contribution in [2.75, 3.05) is 23.1 Å². The molecule has 8 heteroatoms. The van der Waals surface area contributed by atoms with E-state index >= 15 is 0 Å². The van der Waals surface area contributed by atoms with Crippen molar-refractivity contribution in [1.29, 1.82) is 5.41 Å². The van der Waals surface area contributed by atoms with Gasteiger partial charge < -0.3 is 26.1 Å². The topological polar surface area (TPSA) is 112 Å². The van der Waals surface area contributed by atoms with E-state index in [1.807, 2.05) is 42.5 Å². The van der Waals surface area contributed by atoms with Crippen LogP contribution >= 0.6 is 0 Å². The highest BCUT2D eigenvalue weighted by Crippen LogP contribution is 2.30. The average Bonchev–Trinajstić information content (AvgIpc) is 2.84. The van der Waals surface area contributed by atoms with Gasteiger partial charge in [-0.1, -0.05) is 50.3 Å². The quantitative estimate of drug-likeness (QED) is 0.184. The summed E-state index contributed by atoms with van der Waals surface area (Å²) in [6, 6.07) is 16.9. The van der Waals surface area contributed by atoms with Crippen LogP contribution in [0, 0.1) is 5.41 Å². The second-order valence-corrected chi connectivity index (χ2v) is 7.23. The molecular weight excluding hydrogens is 416 g/mol. The normalized spacial score (nSPS) is 11.3. The Morgan fingerprint density at radius 1 is 1.15 bits per heavy atom. The first-order chi connectivity index (χ1) is 16.1. The molecule has 0 bridgehead atoms. The number of para-hydroxylation sites is 1. The zero-order chi connectivity index (χ0) is 23.6. The summed E-state index contributed by atoms with van der Waals surface area (Å²) in [4.78, 5) is 21.1. The summed E-state index contributed by atoms with van der Waals surface area (Å²) in [5.41, 5.74) is 3.21. The SMILES string of the molecule is C=CC(=O)Nc1cccc(-c2nc(Nc3ccccc3)nc(NC(CCC)OC)c2C=N)c1. The van der Waals surface area contributed by atoms with Gasteiger partial charge in [-0.05, 0) is 36.8 Å². The Hall–Kier alpha value is -4.04.